The van der Waals surface area contributed by atoms with Crippen molar-refractivity contribution in [2.45, 2.75) is 6.54 Å². The topological polar surface area (TPSA) is 80.6 Å². The SMILES string of the molecule is COc1ccc(NC(=O)c2c(O)c3sccc3n(Cc3ccccc3)c2=O)cc1. The Morgan fingerprint density at radius 3 is 2.52 bits per heavy atom. The molecule has 0 aliphatic rings. The average molecular weight is 406 g/mol. The molecule has 2 aromatic heterocycles. The van der Waals surface area contributed by atoms with Crippen molar-refractivity contribution in [2.24, 2.45) is 0 Å². The maximum absolute atomic E-state index is 13.2. The van der Waals surface area contributed by atoms with E-state index in [0.717, 1.165) is 5.56 Å². The highest BCUT2D eigenvalue weighted by molar-refractivity contribution is 7.17. The quantitative estimate of drug-likeness (QED) is 0.523. The van der Waals surface area contributed by atoms with Gasteiger partial charge in [-0.2, -0.15) is 0 Å². The number of methoxy groups -OCH3 is 1. The Kier molecular flexibility index (Phi) is 5.05. The second-order valence-corrected chi connectivity index (χ2v) is 7.33. The Morgan fingerprint density at radius 2 is 1.83 bits per heavy atom. The van der Waals surface area contributed by atoms with Crippen molar-refractivity contribution in [3.05, 3.63) is 87.5 Å². The van der Waals surface area contributed by atoms with Crippen LogP contribution in [0.5, 0.6) is 11.5 Å². The van der Waals surface area contributed by atoms with Crippen LogP contribution in [0.2, 0.25) is 0 Å². The minimum absolute atomic E-state index is 0.272. The molecule has 7 heteroatoms. The van der Waals surface area contributed by atoms with Crippen LogP contribution in [0.25, 0.3) is 10.2 Å². The summed E-state index contributed by atoms with van der Waals surface area (Å²) in [5.41, 5.74) is 1.21. The monoisotopic (exact) mass is 406 g/mol. The van der Waals surface area contributed by atoms with Crippen molar-refractivity contribution in [1.82, 2.24) is 4.57 Å². The zero-order chi connectivity index (χ0) is 20.4. The number of aromatic nitrogens is 1. The van der Waals surface area contributed by atoms with Crippen molar-refractivity contribution in [3.63, 3.8) is 0 Å². The number of carbonyl (C=O) groups excluding carboxylic acids is 1. The molecule has 2 N–H and O–H groups in total. The molecular formula is C22H18N2O4S. The Morgan fingerprint density at radius 1 is 1.10 bits per heavy atom. The normalized spacial score (nSPS) is 10.8. The Balaban J connectivity index is 1.77. The fraction of sp³-hybridized carbons (Fsp3) is 0.0909. The van der Waals surface area contributed by atoms with E-state index in [1.807, 2.05) is 30.3 Å². The van der Waals surface area contributed by atoms with Crippen LogP contribution in [0.1, 0.15) is 15.9 Å². The molecule has 0 saturated heterocycles. The summed E-state index contributed by atoms with van der Waals surface area (Å²) in [6, 6.07) is 18.0. The standard InChI is InChI=1S/C22H18N2O4S/c1-28-16-9-7-15(8-10-16)23-21(26)18-19(25)20-17(11-12-29-20)24(22(18)27)13-14-5-3-2-4-6-14/h2-12,25H,13H2,1H3,(H,23,26). The van der Waals surface area contributed by atoms with Crippen LogP contribution in [-0.4, -0.2) is 22.7 Å². The highest BCUT2D eigenvalue weighted by Crippen LogP contribution is 2.32. The third kappa shape index (κ3) is 3.60. The highest BCUT2D eigenvalue weighted by Gasteiger charge is 2.23. The molecule has 2 heterocycles. The zero-order valence-electron chi connectivity index (χ0n) is 15.6. The number of aromatic hydroxyl groups is 1. The molecule has 0 atom stereocenters. The van der Waals surface area contributed by atoms with Gasteiger partial charge in [0.2, 0.25) is 0 Å². The van der Waals surface area contributed by atoms with E-state index in [4.69, 9.17) is 4.74 Å². The smallest absolute Gasteiger partial charge is 0.268 e. The maximum atomic E-state index is 13.2. The molecule has 0 aliphatic carbocycles. The van der Waals surface area contributed by atoms with E-state index in [1.54, 1.807) is 42.8 Å². The van der Waals surface area contributed by atoms with Crippen molar-refractivity contribution < 1.29 is 14.6 Å². The van der Waals surface area contributed by atoms with Crippen molar-refractivity contribution in [2.75, 3.05) is 12.4 Å². The highest BCUT2D eigenvalue weighted by atomic mass is 32.1. The Labute approximate surface area is 170 Å². The first-order valence-corrected chi connectivity index (χ1v) is 9.78. The van der Waals surface area contributed by atoms with Gasteiger partial charge in [-0.1, -0.05) is 30.3 Å². The molecular weight excluding hydrogens is 388 g/mol. The number of fused-ring (bicyclic) bond motifs is 1. The first kappa shape index (κ1) is 18.8. The van der Waals surface area contributed by atoms with Crippen molar-refractivity contribution in [3.8, 4) is 11.5 Å². The number of rotatable bonds is 5. The molecule has 1 amide bonds. The summed E-state index contributed by atoms with van der Waals surface area (Å²) < 4.78 is 7.12. The van der Waals surface area contributed by atoms with Crippen LogP contribution in [0, 0.1) is 0 Å². The zero-order valence-corrected chi connectivity index (χ0v) is 16.4. The first-order valence-electron chi connectivity index (χ1n) is 8.91. The second-order valence-electron chi connectivity index (χ2n) is 6.42. The van der Waals surface area contributed by atoms with Crippen LogP contribution < -0.4 is 15.6 Å². The lowest BCUT2D eigenvalue weighted by molar-refractivity contribution is 0.102. The summed E-state index contributed by atoms with van der Waals surface area (Å²) >= 11 is 1.28. The molecule has 146 valence electrons. The lowest BCUT2D eigenvalue weighted by Crippen LogP contribution is -2.29. The molecule has 0 spiro atoms. The van der Waals surface area contributed by atoms with Gasteiger partial charge in [-0.05, 0) is 41.3 Å². The average Bonchev–Trinajstić information content (AvgIpc) is 3.23. The van der Waals surface area contributed by atoms with E-state index in [9.17, 15) is 14.7 Å². The summed E-state index contributed by atoms with van der Waals surface area (Å²) in [5, 5.41) is 15.1. The van der Waals surface area contributed by atoms with Gasteiger partial charge in [0.25, 0.3) is 11.5 Å². The Bertz CT molecular complexity index is 1230. The molecule has 0 radical (unpaired) electrons. The number of thiophene rings is 1. The van der Waals surface area contributed by atoms with E-state index in [1.165, 1.54) is 15.9 Å². The lowest BCUT2D eigenvalue weighted by atomic mass is 10.1. The summed E-state index contributed by atoms with van der Waals surface area (Å²) in [7, 11) is 1.55. The molecule has 0 unspecified atom stereocenters. The van der Waals surface area contributed by atoms with Gasteiger partial charge in [0.05, 0.1) is 23.9 Å². The van der Waals surface area contributed by atoms with Gasteiger partial charge in [-0.3, -0.25) is 9.59 Å². The van der Waals surface area contributed by atoms with Crippen LogP contribution in [0.15, 0.2) is 70.8 Å². The number of nitrogens with zero attached hydrogens (tertiary/aromatic N) is 1. The number of nitrogens with one attached hydrogen (secondary N) is 1. The number of pyridine rings is 1. The van der Waals surface area contributed by atoms with Crippen molar-refractivity contribution >= 4 is 33.1 Å². The summed E-state index contributed by atoms with van der Waals surface area (Å²) in [4.78, 5) is 26.0. The number of hydrogen-bond donors (Lipinski definition) is 2. The number of benzene rings is 2. The van der Waals surface area contributed by atoms with Gasteiger partial charge in [0, 0.05) is 5.69 Å². The van der Waals surface area contributed by atoms with Gasteiger partial charge < -0.3 is 19.7 Å². The summed E-state index contributed by atoms with van der Waals surface area (Å²) in [6.45, 7) is 0.302. The molecule has 0 aliphatic heterocycles. The van der Waals surface area contributed by atoms with Crippen LogP contribution >= 0.6 is 11.3 Å². The first-order chi connectivity index (χ1) is 14.1. The number of ether oxygens (including phenoxy) is 1. The number of anilines is 1. The number of amides is 1. The third-order valence-electron chi connectivity index (χ3n) is 4.60. The van der Waals surface area contributed by atoms with Gasteiger partial charge >= 0.3 is 0 Å². The van der Waals surface area contributed by atoms with Crippen LogP contribution in [0.4, 0.5) is 5.69 Å². The Hall–Kier alpha value is -3.58. The molecule has 29 heavy (non-hydrogen) atoms. The van der Waals surface area contributed by atoms with Gasteiger partial charge in [-0.25, -0.2) is 0 Å². The van der Waals surface area contributed by atoms with Gasteiger partial charge in [-0.15, -0.1) is 11.3 Å². The van der Waals surface area contributed by atoms with Gasteiger partial charge in [0.1, 0.15) is 11.3 Å². The van der Waals surface area contributed by atoms with Gasteiger partial charge in [0.15, 0.2) is 5.75 Å². The molecule has 4 aromatic rings. The van der Waals surface area contributed by atoms with Crippen LogP contribution in [-0.2, 0) is 6.54 Å². The van der Waals surface area contributed by atoms with Crippen LogP contribution in [0.3, 0.4) is 0 Å². The van der Waals surface area contributed by atoms with E-state index in [-0.39, 0.29) is 11.3 Å². The number of hydrogen-bond acceptors (Lipinski definition) is 5. The molecule has 2 aromatic carbocycles. The molecule has 0 bridgehead atoms. The minimum atomic E-state index is -0.658. The summed E-state index contributed by atoms with van der Waals surface area (Å²) in [5.74, 6) is -0.304. The maximum Gasteiger partial charge on any atom is 0.268 e. The second kappa shape index (κ2) is 7.81. The predicted molar refractivity (Wildman–Crippen MR) is 114 cm³/mol. The van der Waals surface area contributed by atoms with E-state index in [2.05, 4.69) is 5.32 Å². The largest absolute Gasteiger partial charge is 0.505 e. The lowest BCUT2D eigenvalue weighted by Gasteiger charge is -2.13. The summed E-state index contributed by atoms with van der Waals surface area (Å²) in [6.07, 6.45) is 0. The molecule has 0 fully saturated rings. The van der Waals surface area contributed by atoms with E-state index < -0.39 is 11.5 Å². The fourth-order valence-corrected chi connectivity index (χ4v) is 3.99. The minimum Gasteiger partial charge on any atom is -0.505 e. The number of carbonyl (C=O) groups is 1. The molecule has 4 rings (SSSR count). The molecule has 6 nitrogen and oxygen atoms in total. The molecule has 0 saturated carbocycles. The van der Waals surface area contributed by atoms with E-state index in [0.29, 0.717) is 28.2 Å². The van der Waals surface area contributed by atoms with Crippen molar-refractivity contribution in [1.29, 1.82) is 0 Å². The van der Waals surface area contributed by atoms with E-state index >= 15 is 0 Å². The predicted octanol–water partition coefficient (Wildman–Crippen LogP) is 4.08. The third-order valence-corrected chi connectivity index (χ3v) is 5.51. The fourth-order valence-electron chi connectivity index (χ4n) is 3.15.